The lowest BCUT2D eigenvalue weighted by Crippen LogP contribution is -2.39. The molecule has 1 aromatic carbocycles. The van der Waals surface area contributed by atoms with Gasteiger partial charge in [0, 0.05) is 56.2 Å². The summed E-state index contributed by atoms with van der Waals surface area (Å²) >= 11 is 30.2. The number of rotatable bonds is 22. The third-order valence-corrected chi connectivity index (χ3v) is 20.0. The number of benzene rings is 1. The summed E-state index contributed by atoms with van der Waals surface area (Å²) in [4.78, 5) is 84.9. The van der Waals surface area contributed by atoms with E-state index >= 15 is 0 Å². The molecule has 10 N–H and O–H groups in total. The van der Waals surface area contributed by atoms with Crippen LogP contribution in [0.5, 0.6) is 5.75 Å². The number of urea groups is 1. The van der Waals surface area contributed by atoms with Crippen LogP contribution in [0.25, 0.3) is 0 Å². The molecule has 0 aliphatic rings. The highest BCUT2D eigenvalue weighted by atomic mass is 79.9. The maximum absolute atomic E-state index is 13.1. The van der Waals surface area contributed by atoms with Crippen molar-refractivity contribution in [1.82, 2.24) is 50.5 Å². The molecule has 0 fully saturated rings. The Hall–Kier alpha value is -6.07. The van der Waals surface area contributed by atoms with Crippen molar-refractivity contribution in [2.75, 3.05) is 19.0 Å². The number of esters is 2. The molecule has 8 aromatic rings. The Labute approximate surface area is 675 Å². The molecule has 0 saturated heterocycles. The molecule has 0 bridgehead atoms. The average molecular weight is 1900 g/mol. The number of hydrazine groups is 1. The number of ether oxygens (including phenoxy) is 4. The van der Waals surface area contributed by atoms with E-state index in [1.54, 1.807) is 120 Å². The summed E-state index contributed by atoms with van der Waals surface area (Å²) in [6.45, 7) is 17.9. The largest absolute Gasteiger partial charge is 0.460 e. The van der Waals surface area contributed by atoms with Crippen LogP contribution in [0.15, 0.2) is 168 Å². The molecule has 38 heteroatoms. The number of aliphatic hydroxyl groups is 1. The first-order chi connectivity index (χ1) is 49.0. The third-order valence-electron chi connectivity index (χ3n) is 11.5. The van der Waals surface area contributed by atoms with Crippen molar-refractivity contribution in [2.45, 2.75) is 151 Å². The summed E-state index contributed by atoms with van der Waals surface area (Å²) < 4.78 is 66.8. The van der Waals surface area contributed by atoms with Crippen LogP contribution in [0.2, 0.25) is 0 Å². The smallest absolute Gasteiger partial charge is 0.412 e. The lowest BCUT2D eigenvalue weighted by molar-refractivity contribution is -0.155. The number of thiophene rings is 5. The standard InChI is InChI=1S/C16H20BrFN4O3S.C12H10BrNO2S.C10H16ClFO2.C10H17FO3.C7H6BrN3OS.C6H8BrN3OS.C5H6BrNS.CH4/c1-16(2,3)25-14(23)19-7-11(6-18)8-22-15(24)21(10-20-22)9-12-4-5-13(17)26-12;13-11-7-6-10(17-11)8-14-12(15)16-9-4-2-1-3-5-9;2*1-10(2,3)14-9(13)5-4-8(6-11)7-12;8-6-2-1-5(13-6)3-11-4-9-10-7(11)12;7-5-2-1-4(12-5)3-9-6(11)10-8;6-5-2-1-4(3-7)8-5;/h4-6,10H,7-9H2,1-3H3,(H,19,23);1-7H,8H2,(H,14,15);7H,4-6H2,1-3H3;6,12H,4-5,7H2,1-3H3;1-2,4H,3H2,(H,10,12);1-2H,3,8H2,(H2,9,10,11);1-2H,3,7H2;1H4. The van der Waals surface area contributed by atoms with Gasteiger partial charge in [0.1, 0.15) is 35.2 Å². The number of allylic oxidation sites excluding steroid dienone is 1. The number of nitrogens with one attached hydrogen (secondary N) is 5. The number of aliphatic hydroxyl groups excluding tert-OH is 1. The first kappa shape index (κ1) is 96.9. The molecule has 4 amide bonds. The molecule has 0 spiro atoms. The van der Waals surface area contributed by atoms with Crippen LogP contribution in [0, 0.1) is 0 Å². The number of carbonyl (C=O) groups is 5. The zero-order chi connectivity index (χ0) is 78.0. The number of carbonyl (C=O) groups excluding carboxylic acids is 5. The number of aromatic nitrogens is 6. The lowest BCUT2D eigenvalue weighted by atomic mass is 10.1. The van der Waals surface area contributed by atoms with Gasteiger partial charge in [-0.3, -0.25) is 24.1 Å². The van der Waals surface area contributed by atoms with Crippen LogP contribution >= 0.6 is 148 Å². The van der Waals surface area contributed by atoms with Crippen LogP contribution < -0.4 is 49.1 Å². The van der Waals surface area contributed by atoms with Crippen molar-refractivity contribution >= 4 is 178 Å². The first-order valence-electron chi connectivity index (χ1n) is 30.8. The van der Waals surface area contributed by atoms with Crippen molar-refractivity contribution in [3.05, 3.63) is 204 Å². The van der Waals surface area contributed by atoms with Gasteiger partial charge in [-0.05, 0) is 244 Å². The quantitative estimate of drug-likeness (QED) is 0.00780. The highest BCUT2D eigenvalue weighted by Crippen LogP contribution is 2.26. The topological polar surface area (TPSA) is 333 Å². The highest BCUT2D eigenvalue weighted by molar-refractivity contribution is 9.12. The van der Waals surface area contributed by atoms with E-state index in [-0.39, 0.29) is 92.8 Å². The molecule has 0 unspecified atom stereocenters. The van der Waals surface area contributed by atoms with Crippen LogP contribution in [-0.2, 0) is 63.1 Å². The number of para-hydroxylation sites is 1. The molecule has 7 aromatic heterocycles. The van der Waals surface area contributed by atoms with Crippen LogP contribution in [-0.4, -0.2) is 100 Å². The van der Waals surface area contributed by atoms with Gasteiger partial charge in [0.05, 0.1) is 77.3 Å². The number of hydrogen-bond donors (Lipinski definition) is 8. The zero-order valence-corrected chi connectivity index (χ0v) is 70.8. The second kappa shape index (κ2) is 52.1. The first-order valence-corrected chi connectivity index (χ1v) is 39.4. The Bertz CT molecular complexity index is 4030. The molecule has 0 aliphatic heterocycles. The molecule has 8 rings (SSSR count). The number of alkyl halides is 1. The van der Waals surface area contributed by atoms with Crippen LogP contribution in [0.4, 0.5) is 27.6 Å². The van der Waals surface area contributed by atoms with Crippen LogP contribution in [0.3, 0.4) is 0 Å². The Morgan fingerprint density at radius 3 is 1.40 bits per heavy atom. The minimum absolute atomic E-state index is 0. The molecule has 0 atom stereocenters. The van der Waals surface area contributed by atoms with Crippen molar-refractivity contribution in [2.24, 2.45) is 11.6 Å². The number of alkyl carbamates (subject to hydrolysis) is 1. The summed E-state index contributed by atoms with van der Waals surface area (Å²) in [5, 5.41) is 26.3. The SMILES string of the molecule is C.CC(C)(C)OC(=O)CCC(=CF)CCl.CC(C)(C)OC(=O)CCC(=CF)CO.CC(C)(C)OC(=O)NCC(=CF)Cn1ncn(Cc2ccc(Br)s2)c1=O.NCc1ccc(Br)s1.NNC(=O)NCc1ccc(Br)s1.O=C(NCc1ccc(Br)s1)Oc1ccccc1.O=c1[nH]ncn1Cc1ccc(Br)s1. The zero-order valence-electron chi connectivity index (χ0n) is 58.0. The molecule has 105 heavy (non-hydrogen) atoms. The van der Waals surface area contributed by atoms with Gasteiger partial charge in [0.15, 0.2) is 0 Å². The van der Waals surface area contributed by atoms with Crippen LogP contribution in [0.1, 0.15) is 120 Å². The summed E-state index contributed by atoms with van der Waals surface area (Å²) in [6, 6.07) is 28.2. The van der Waals surface area contributed by atoms with Gasteiger partial charge in [0.25, 0.3) is 0 Å². The number of halogens is 9. The maximum atomic E-state index is 13.1. The molecular formula is C67H87Br5ClF3N12O12S5. The third kappa shape index (κ3) is 46.0. The number of aromatic amines is 1. The number of amides is 4. The minimum atomic E-state index is -0.655. The average Bonchev–Trinajstić information content (AvgIpc) is 1.70. The molecule has 0 radical (unpaired) electrons. The molecule has 0 saturated carbocycles. The Morgan fingerprint density at radius 2 is 1.02 bits per heavy atom. The van der Waals surface area contributed by atoms with E-state index in [9.17, 15) is 46.7 Å². The Balaban J connectivity index is 0.000000628. The fourth-order valence-electron chi connectivity index (χ4n) is 7.00. The Kier molecular flexibility index (Phi) is 48.1. The van der Waals surface area contributed by atoms with Gasteiger partial charge in [0.2, 0.25) is 0 Å². The van der Waals surface area contributed by atoms with Gasteiger partial charge in [-0.25, -0.2) is 52.8 Å². The number of nitrogens with two attached hydrogens (primary N) is 2. The van der Waals surface area contributed by atoms with Gasteiger partial charge >= 0.3 is 41.5 Å². The monoisotopic (exact) mass is 1900 g/mol. The summed E-state index contributed by atoms with van der Waals surface area (Å²) in [5.41, 5.74) is 5.97. The van der Waals surface area contributed by atoms with E-state index in [4.69, 9.17) is 47.2 Å². The van der Waals surface area contributed by atoms with E-state index in [0.717, 1.165) is 43.1 Å². The van der Waals surface area contributed by atoms with E-state index in [0.29, 0.717) is 69.5 Å². The number of nitrogens with zero attached hydrogens (tertiary/aromatic N) is 5. The fraction of sp³-hybridized carbons (Fsp3) is 0.388. The van der Waals surface area contributed by atoms with Gasteiger partial charge in [-0.1, -0.05) is 25.6 Å². The van der Waals surface area contributed by atoms with E-state index in [1.807, 2.05) is 84.3 Å². The molecule has 7 heterocycles. The number of hydrogen-bond acceptors (Lipinski definition) is 21. The van der Waals surface area contributed by atoms with Gasteiger partial charge in [-0.2, -0.15) is 10.2 Å². The predicted octanol–water partition coefficient (Wildman–Crippen LogP) is 17.5. The second-order valence-corrected chi connectivity index (χ2v) is 36.7. The predicted molar refractivity (Wildman–Crippen MR) is 431 cm³/mol. The molecule has 580 valence electrons. The van der Waals surface area contributed by atoms with Crippen molar-refractivity contribution in [3.63, 3.8) is 0 Å². The summed E-state index contributed by atoms with van der Waals surface area (Å²) in [6.07, 6.45) is 3.70. The van der Waals surface area contributed by atoms with Crippen molar-refractivity contribution in [3.8, 4) is 5.75 Å². The molecule has 24 nitrogen and oxygen atoms in total. The summed E-state index contributed by atoms with van der Waals surface area (Å²) in [5.74, 6) is 4.81. The van der Waals surface area contributed by atoms with Gasteiger partial charge < -0.3 is 45.7 Å². The number of H-pyrrole nitrogens is 1. The normalized spacial score (nSPS) is 11.2. The molecule has 0 aliphatic carbocycles. The minimum Gasteiger partial charge on any atom is -0.460 e. The fourth-order valence-corrected chi connectivity index (χ4v) is 14.4. The summed E-state index contributed by atoms with van der Waals surface area (Å²) in [7, 11) is 0. The van der Waals surface area contributed by atoms with E-state index < -0.39 is 29.0 Å². The Morgan fingerprint density at radius 1 is 0.581 bits per heavy atom. The highest BCUT2D eigenvalue weighted by Gasteiger charge is 2.19. The maximum Gasteiger partial charge on any atom is 0.412 e. The second-order valence-electron chi connectivity index (χ2n) is 23.7. The lowest BCUT2D eigenvalue weighted by Gasteiger charge is -2.19. The molecular weight excluding hydrogens is 1820 g/mol. The van der Waals surface area contributed by atoms with Gasteiger partial charge in [-0.15, -0.1) is 68.3 Å². The van der Waals surface area contributed by atoms with Crippen molar-refractivity contribution < 1.29 is 61.2 Å². The van der Waals surface area contributed by atoms with Crippen molar-refractivity contribution in [1.29, 1.82) is 0 Å². The van der Waals surface area contributed by atoms with E-state index in [2.05, 4.69) is 111 Å². The van der Waals surface area contributed by atoms with E-state index in [1.165, 1.54) is 38.0 Å².